The van der Waals surface area contributed by atoms with E-state index in [0.717, 1.165) is 6.42 Å². The van der Waals surface area contributed by atoms with Gasteiger partial charge in [0.1, 0.15) is 4.32 Å². The van der Waals surface area contributed by atoms with E-state index in [4.69, 9.17) is 23.8 Å². The number of halogens is 1. The van der Waals surface area contributed by atoms with Gasteiger partial charge in [-0.1, -0.05) is 41.6 Å². The summed E-state index contributed by atoms with van der Waals surface area (Å²) < 4.78 is 0.642. The minimum atomic E-state index is -0.0537. The van der Waals surface area contributed by atoms with E-state index in [-0.39, 0.29) is 11.8 Å². The molecule has 0 spiro atoms. The Morgan fingerprint density at radius 3 is 2.90 bits per heavy atom. The normalized spacial score (nSPS) is 14.6. The summed E-state index contributed by atoms with van der Waals surface area (Å²) in [6.45, 7) is 0.592. The molecule has 1 aromatic rings. The van der Waals surface area contributed by atoms with Crippen LogP contribution in [0.4, 0.5) is 5.69 Å². The average Bonchev–Trinajstić information content (AvgIpc) is 2.75. The summed E-state index contributed by atoms with van der Waals surface area (Å²) in [5.74, 6) is 0.448. The molecule has 2 rings (SSSR count). The van der Waals surface area contributed by atoms with Crippen molar-refractivity contribution in [1.82, 2.24) is 4.90 Å². The molecular weight excluding hydrogens is 328 g/mol. The van der Waals surface area contributed by atoms with Crippen LogP contribution in [-0.2, 0) is 9.59 Å². The predicted octanol–water partition coefficient (Wildman–Crippen LogP) is 3.31. The Balaban J connectivity index is 1.68. The maximum Gasteiger partial charge on any atom is 0.238 e. The summed E-state index contributed by atoms with van der Waals surface area (Å²) in [7, 11) is 0. The molecule has 1 aliphatic heterocycles. The Morgan fingerprint density at radius 2 is 2.24 bits per heavy atom. The van der Waals surface area contributed by atoms with Gasteiger partial charge >= 0.3 is 0 Å². The minimum absolute atomic E-state index is 0.0537. The van der Waals surface area contributed by atoms with E-state index >= 15 is 0 Å². The summed E-state index contributed by atoms with van der Waals surface area (Å²) in [5, 5.41) is 3.38. The van der Waals surface area contributed by atoms with Gasteiger partial charge in [0, 0.05) is 23.7 Å². The van der Waals surface area contributed by atoms with E-state index in [9.17, 15) is 9.59 Å². The van der Waals surface area contributed by atoms with E-state index < -0.39 is 0 Å². The fraction of sp³-hybridized carbons (Fsp3) is 0.357. The Morgan fingerprint density at radius 1 is 1.43 bits per heavy atom. The average molecular weight is 343 g/mol. The summed E-state index contributed by atoms with van der Waals surface area (Å²) >= 11 is 12.3. The van der Waals surface area contributed by atoms with E-state index in [2.05, 4.69) is 5.32 Å². The van der Waals surface area contributed by atoms with Crippen LogP contribution in [0.3, 0.4) is 0 Å². The highest BCUT2D eigenvalue weighted by atomic mass is 35.5. The number of hydrogen-bond donors (Lipinski definition) is 1. The van der Waals surface area contributed by atoms with Crippen LogP contribution >= 0.6 is 35.6 Å². The van der Waals surface area contributed by atoms with E-state index in [1.165, 1.54) is 11.8 Å². The Kier molecular flexibility index (Phi) is 6.02. The van der Waals surface area contributed by atoms with Gasteiger partial charge < -0.3 is 5.32 Å². The van der Waals surface area contributed by atoms with Gasteiger partial charge in [-0.15, -0.1) is 0 Å². The van der Waals surface area contributed by atoms with E-state index in [1.807, 2.05) is 0 Å². The number of benzene rings is 1. The largest absolute Gasteiger partial charge is 0.326 e. The van der Waals surface area contributed by atoms with Crippen molar-refractivity contribution in [2.24, 2.45) is 0 Å². The molecule has 4 nitrogen and oxygen atoms in total. The van der Waals surface area contributed by atoms with Crippen LogP contribution < -0.4 is 5.32 Å². The van der Waals surface area contributed by atoms with Gasteiger partial charge in [-0.25, -0.2) is 0 Å². The van der Waals surface area contributed by atoms with Crippen LogP contribution in [0.2, 0.25) is 5.02 Å². The maximum absolute atomic E-state index is 11.8. The van der Waals surface area contributed by atoms with Crippen LogP contribution in [0.15, 0.2) is 24.3 Å². The van der Waals surface area contributed by atoms with Gasteiger partial charge in [0.15, 0.2) is 0 Å². The molecule has 1 heterocycles. The number of carbonyl (C=O) groups excluding carboxylic acids is 2. The first kappa shape index (κ1) is 16.3. The third-order valence-electron chi connectivity index (χ3n) is 2.98. The molecule has 1 N–H and O–H groups in total. The highest BCUT2D eigenvalue weighted by molar-refractivity contribution is 8.23. The van der Waals surface area contributed by atoms with Gasteiger partial charge in [-0.3, -0.25) is 14.5 Å². The lowest BCUT2D eigenvalue weighted by molar-refractivity contribution is -0.124. The molecule has 7 heteroatoms. The van der Waals surface area contributed by atoms with Crippen LogP contribution in [0.5, 0.6) is 0 Å². The number of thiocarbonyl (C=S) groups is 1. The van der Waals surface area contributed by atoms with Gasteiger partial charge in [0.05, 0.1) is 5.75 Å². The lowest BCUT2D eigenvalue weighted by atomic mass is 10.2. The van der Waals surface area contributed by atoms with Gasteiger partial charge in [-0.05, 0) is 31.0 Å². The zero-order valence-electron chi connectivity index (χ0n) is 11.3. The van der Waals surface area contributed by atoms with Gasteiger partial charge in [0.25, 0.3) is 0 Å². The van der Waals surface area contributed by atoms with E-state index in [0.29, 0.717) is 40.2 Å². The molecular formula is C14H15ClN2O2S2. The second-order valence-electron chi connectivity index (χ2n) is 4.62. The lowest BCUT2D eigenvalue weighted by Gasteiger charge is -2.14. The molecule has 1 saturated heterocycles. The van der Waals surface area contributed by atoms with Crippen molar-refractivity contribution in [2.75, 3.05) is 17.6 Å². The second kappa shape index (κ2) is 7.77. The van der Waals surface area contributed by atoms with Crippen LogP contribution in [-0.4, -0.2) is 33.3 Å². The number of amides is 2. The summed E-state index contributed by atoms with van der Waals surface area (Å²) in [5.41, 5.74) is 0.694. The number of rotatable bonds is 6. The molecule has 0 aromatic heterocycles. The molecule has 1 fully saturated rings. The standard InChI is InChI=1S/C14H15ClN2O2S2/c15-10-4-3-5-11(8-10)16-12(18)6-1-2-7-17-13(19)9-21-14(17)20/h3-5,8H,1-2,6-7,9H2,(H,16,18). The molecule has 0 bridgehead atoms. The topological polar surface area (TPSA) is 49.4 Å². The van der Waals surface area contributed by atoms with Crippen molar-refractivity contribution >= 4 is 57.4 Å². The quantitative estimate of drug-likeness (QED) is 0.636. The summed E-state index contributed by atoms with van der Waals surface area (Å²) in [6.07, 6.45) is 1.88. The first-order valence-corrected chi connectivity index (χ1v) is 8.36. The first-order chi connectivity index (χ1) is 10.1. The van der Waals surface area contributed by atoms with Crippen molar-refractivity contribution in [1.29, 1.82) is 0 Å². The molecule has 1 aliphatic rings. The minimum Gasteiger partial charge on any atom is -0.326 e. The van der Waals surface area contributed by atoms with Crippen LogP contribution in [0.25, 0.3) is 0 Å². The van der Waals surface area contributed by atoms with Gasteiger partial charge in [0.2, 0.25) is 11.8 Å². The number of nitrogens with one attached hydrogen (secondary N) is 1. The summed E-state index contributed by atoms with van der Waals surface area (Å²) in [6, 6.07) is 7.04. The number of carbonyl (C=O) groups is 2. The molecule has 112 valence electrons. The van der Waals surface area contributed by atoms with Crippen molar-refractivity contribution in [2.45, 2.75) is 19.3 Å². The SMILES string of the molecule is O=C(CCCCN1C(=O)CSC1=S)Nc1cccc(Cl)c1. The Hall–Kier alpha value is -1.11. The Labute approximate surface area is 138 Å². The van der Waals surface area contributed by atoms with Crippen molar-refractivity contribution in [3.05, 3.63) is 29.3 Å². The zero-order valence-corrected chi connectivity index (χ0v) is 13.7. The Bertz CT molecular complexity index is 550. The molecule has 0 atom stereocenters. The molecule has 0 radical (unpaired) electrons. The van der Waals surface area contributed by atoms with Gasteiger partial charge in [-0.2, -0.15) is 0 Å². The lowest BCUT2D eigenvalue weighted by Crippen LogP contribution is -2.29. The molecule has 2 amide bonds. The van der Waals surface area contributed by atoms with E-state index in [1.54, 1.807) is 29.2 Å². The number of unbranched alkanes of at least 4 members (excludes halogenated alkanes) is 1. The maximum atomic E-state index is 11.8. The van der Waals surface area contributed by atoms with Crippen molar-refractivity contribution in [3.63, 3.8) is 0 Å². The first-order valence-electron chi connectivity index (χ1n) is 6.59. The molecule has 21 heavy (non-hydrogen) atoms. The van der Waals surface area contributed by atoms with Crippen molar-refractivity contribution < 1.29 is 9.59 Å². The molecule has 1 aromatic carbocycles. The summed E-state index contributed by atoms with van der Waals surface area (Å²) in [4.78, 5) is 24.9. The highest BCUT2D eigenvalue weighted by Gasteiger charge is 2.25. The monoisotopic (exact) mass is 342 g/mol. The third kappa shape index (κ3) is 4.98. The predicted molar refractivity (Wildman–Crippen MR) is 90.7 cm³/mol. The molecule has 0 unspecified atom stereocenters. The number of nitrogens with zero attached hydrogens (tertiary/aromatic N) is 1. The zero-order chi connectivity index (χ0) is 15.2. The van der Waals surface area contributed by atoms with Crippen LogP contribution in [0.1, 0.15) is 19.3 Å². The fourth-order valence-electron chi connectivity index (χ4n) is 1.94. The molecule has 0 aliphatic carbocycles. The second-order valence-corrected chi connectivity index (χ2v) is 6.66. The number of anilines is 1. The fourth-order valence-corrected chi connectivity index (χ4v) is 3.25. The number of hydrogen-bond acceptors (Lipinski definition) is 4. The molecule has 0 saturated carbocycles. The smallest absolute Gasteiger partial charge is 0.238 e. The highest BCUT2D eigenvalue weighted by Crippen LogP contribution is 2.20. The van der Waals surface area contributed by atoms with Crippen LogP contribution in [0, 0.1) is 0 Å². The third-order valence-corrected chi connectivity index (χ3v) is 4.65. The number of thioether (sulfide) groups is 1. The van der Waals surface area contributed by atoms with Crippen molar-refractivity contribution in [3.8, 4) is 0 Å².